The van der Waals surface area contributed by atoms with Crippen LogP contribution in [0.5, 0.6) is 0 Å². The van der Waals surface area contributed by atoms with Gasteiger partial charge < -0.3 is 21.1 Å². The normalized spacial score (nSPS) is 31.5. The van der Waals surface area contributed by atoms with Crippen LogP contribution in [0.3, 0.4) is 0 Å². The van der Waals surface area contributed by atoms with Crippen LogP contribution < -0.4 is 11.5 Å². The lowest BCUT2D eigenvalue weighted by molar-refractivity contribution is -0.153. The van der Waals surface area contributed by atoms with Gasteiger partial charge in [-0.1, -0.05) is 66.0 Å². The molecule has 0 bridgehead atoms. The van der Waals surface area contributed by atoms with Crippen LogP contribution in [0.15, 0.2) is 11.6 Å². The third kappa shape index (κ3) is 11.6. The number of ether oxygens (including phenoxy) is 1. The molecule has 3 saturated carbocycles. The Bertz CT molecular complexity index is 1140. The Kier molecular flexibility index (Phi) is 17.0. The fourth-order valence-corrected chi connectivity index (χ4v) is 11.2. The van der Waals surface area contributed by atoms with Crippen LogP contribution in [0.1, 0.15) is 166 Å². The molecule has 0 saturated heterocycles. The van der Waals surface area contributed by atoms with Gasteiger partial charge in [0.1, 0.15) is 6.10 Å². The number of carbonyl (C=O) groups is 2. The second-order valence-corrected chi connectivity index (χ2v) is 19.7. The number of halogens is 2. The van der Waals surface area contributed by atoms with Crippen LogP contribution >= 0.6 is 24.8 Å². The highest BCUT2D eigenvalue weighted by Crippen LogP contribution is 2.67. The van der Waals surface area contributed by atoms with Gasteiger partial charge in [-0.25, -0.2) is 0 Å². The van der Waals surface area contributed by atoms with E-state index in [0.717, 1.165) is 60.7 Å². The number of esters is 1. The van der Waals surface area contributed by atoms with Crippen LogP contribution in [0.25, 0.3) is 0 Å². The van der Waals surface area contributed by atoms with Gasteiger partial charge in [0.05, 0.1) is 6.42 Å². The topological polar surface area (TPSA) is 98.7 Å². The molecule has 4 aliphatic rings. The van der Waals surface area contributed by atoms with E-state index in [1.54, 1.807) is 5.57 Å². The number of hydrogen-bond donors (Lipinski definition) is 2. The number of nitrogens with two attached hydrogens (primary N) is 2. The van der Waals surface area contributed by atoms with Crippen molar-refractivity contribution in [1.82, 2.24) is 4.90 Å². The summed E-state index contributed by atoms with van der Waals surface area (Å²) in [6.07, 6.45) is 18.0. The maximum atomic E-state index is 13.2. The fraction of sp³-hybridized carbons (Fsp3) is 0.907. The second kappa shape index (κ2) is 18.7. The number of carbonyl (C=O) groups excluding carboxylic acids is 2. The zero-order valence-electron chi connectivity index (χ0n) is 34.4. The van der Waals surface area contributed by atoms with E-state index in [-0.39, 0.29) is 72.1 Å². The highest BCUT2D eigenvalue weighted by Gasteiger charge is 2.59. The zero-order valence-corrected chi connectivity index (χ0v) is 36.0. The Morgan fingerprint density at radius 3 is 2.10 bits per heavy atom. The second-order valence-electron chi connectivity index (χ2n) is 19.7. The van der Waals surface area contributed by atoms with Crippen molar-refractivity contribution in [1.29, 1.82) is 0 Å². The summed E-state index contributed by atoms with van der Waals surface area (Å²) in [7, 11) is 0. The van der Waals surface area contributed by atoms with Crippen molar-refractivity contribution < 1.29 is 14.3 Å². The van der Waals surface area contributed by atoms with Gasteiger partial charge in [-0.3, -0.25) is 9.59 Å². The van der Waals surface area contributed by atoms with Gasteiger partial charge in [-0.05, 0) is 144 Å². The average molecular weight is 757 g/mol. The lowest BCUT2D eigenvalue weighted by Gasteiger charge is -2.58. The molecule has 298 valence electrons. The minimum Gasteiger partial charge on any atom is -0.462 e. The van der Waals surface area contributed by atoms with E-state index in [4.69, 9.17) is 16.2 Å². The molecule has 6 nitrogen and oxygen atoms in total. The van der Waals surface area contributed by atoms with Crippen molar-refractivity contribution >= 4 is 36.7 Å². The first-order chi connectivity index (χ1) is 22.8. The van der Waals surface area contributed by atoms with Gasteiger partial charge in [0.2, 0.25) is 5.91 Å². The molecular weight excluding hydrogens is 677 g/mol. The summed E-state index contributed by atoms with van der Waals surface area (Å²) in [4.78, 5) is 28.1. The summed E-state index contributed by atoms with van der Waals surface area (Å²) in [5, 5.41) is 0. The summed E-state index contributed by atoms with van der Waals surface area (Å²) in [5.41, 5.74) is 14.0. The average Bonchev–Trinajstić information content (AvgIpc) is 3.36. The molecule has 0 aromatic heterocycles. The summed E-state index contributed by atoms with van der Waals surface area (Å²) in [6, 6.07) is 0. The Balaban J connectivity index is 0.00000451. The van der Waals surface area contributed by atoms with Crippen LogP contribution in [-0.4, -0.2) is 47.0 Å². The van der Waals surface area contributed by atoms with Gasteiger partial charge in [0.25, 0.3) is 0 Å². The first-order valence-electron chi connectivity index (χ1n) is 20.5. The van der Waals surface area contributed by atoms with Crippen LogP contribution in [0.2, 0.25) is 0 Å². The van der Waals surface area contributed by atoms with E-state index in [1.807, 2.05) is 32.6 Å². The molecule has 9 atom stereocenters. The van der Waals surface area contributed by atoms with E-state index >= 15 is 0 Å². The summed E-state index contributed by atoms with van der Waals surface area (Å²) < 4.78 is 6.08. The molecule has 0 aliphatic heterocycles. The number of allylic oxidation sites excluding steroid dienone is 1. The quantitative estimate of drug-likeness (QED) is 0.121. The Hall–Kier alpha value is -0.820. The molecule has 0 heterocycles. The summed E-state index contributed by atoms with van der Waals surface area (Å²) >= 11 is 0. The predicted molar refractivity (Wildman–Crippen MR) is 218 cm³/mol. The lowest BCUT2D eigenvalue weighted by Crippen LogP contribution is -2.51. The first kappa shape index (κ1) is 46.3. The number of amides is 1. The largest absolute Gasteiger partial charge is 0.462 e. The van der Waals surface area contributed by atoms with Gasteiger partial charge in [-0.2, -0.15) is 0 Å². The van der Waals surface area contributed by atoms with Crippen LogP contribution in [-0.2, 0) is 14.3 Å². The molecule has 4 aliphatic carbocycles. The van der Waals surface area contributed by atoms with Crippen molar-refractivity contribution in [3.63, 3.8) is 0 Å². The summed E-state index contributed by atoms with van der Waals surface area (Å²) in [6.45, 7) is 24.0. The maximum absolute atomic E-state index is 13.2. The molecule has 4 N–H and O–H groups in total. The smallest absolute Gasteiger partial charge is 0.306 e. The highest BCUT2D eigenvalue weighted by atomic mass is 35.5. The van der Waals surface area contributed by atoms with Crippen molar-refractivity contribution in [2.45, 2.75) is 183 Å². The van der Waals surface area contributed by atoms with Gasteiger partial charge >= 0.3 is 5.97 Å². The number of hydrogen-bond acceptors (Lipinski definition) is 5. The van der Waals surface area contributed by atoms with Gasteiger partial charge in [0, 0.05) is 37.0 Å². The number of nitrogens with zero attached hydrogens (tertiary/aromatic N) is 1. The molecule has 8 heteroatoms. The van der Waals surface area contributed by atoms with Crippen LogP contribution in [0.4, 0.5) is 0 Å². The molecule has 4 rings (SSSR count). The van der Waals surface area contributed by atoms with Crippen molar-refractivity contribution in [3.8, 4) is 0 Å². The number of fused-ring (bicyclic) bond motifs is 5. The summed E-state index contributed by atoms with van der Waals surface area (Å²) in [5.74, 6) is 5.49. The van der Waals surface area contributed by atoms with Crippen molar-refractivity contribution in [2.75, 3.05) is 13.1 Å². The van der Waals surface area contributed by atoms with E-state index < -0.39 is 0 Å². The third-order valence-corrected chi connectivity index (χ3v) is 14.5. The van der Waals surface area contributed by atoms with Gasteiger partial charge in [-0.15, -0.1) is 24.8 Å². The number of rotatable bonds is 16. The Morgan fingerprint density at radius 2 is 1.53 bits per heavy atom. The predicted octanol–water partition coefficient (Wildman–Crippen LogP) is 10.3. The van der Waals surface area contributed by atoms with E-state index in [0.29, 0.717) is 31.3 Å². The van der Waals surface area contributed by atoms with Crippen molar-refractivity contribution in [2.24, 2.45) is 63.7 Å². The molecule has 0 aromatic carbocycles. The minimum atomic E-state index is -0.361. The molecule has 51 heavy (non-hydrogen) atoms. The van der Waals surface area contributed by atoms with Crippen LogP contribution in [0, 0.1) is 52.3 Å². The molecule has 0 aromatic rings. The highest BCUT2D eigenvalue weighted by molar-refractivity contribution is 5.85. The fourth-order valence-electron chi connectivity index (χ4n) is 11.2. The molecule has 0 radical (unpaired) electrons. The molecule has 0 spiro atoms. The monoisotopic (exact) mass is 756 g/mol. The lowest BCUT2D eigenvalue weighted by atomic mass is 9.47. The molecule has 2 unspecified atom stereocenters. The van der Waals surface area contributed by atoms with E-state index in [2.05, 4.69) is 47.6 Å². The van der Waals surface area contributed by atoms with E-state index in [9.17, 15) is 9.59 Å². The minimum absolute atomic E-state index is 0. The maximum Gasteiger partial charge on any atom is 0.306 e. The first-order valence-corrected chi connectivity index (χ1v) is 20.5. The third-order valence-electron chi connectivity index (χ3n) is 14.5. The molecule has 1 amide bonds. The van der Waals surface area contributed by atoms with Crippen molar-refractivity contribution in [3.05, 3.63) is 11.6 Å². The SMILES string of the molecule is CCC(CCC(C)[C@H]1CC[C@H]2[C@@H]3CC=C4C[C@@H](OC(=O)CCC(=O)N(CCC(C)(C)N)CCC(C)(C)N)CC[C@]4(C)[C@H]3CC[C@]12C)C(C)C.Cl.Cl. The van der Waals surface area contributed by atoms with E-state index in [1.165, 1.54) is 51.4 Å². The molecular formula is C43H79Cl2N3O3. The van der Waals surface area contributed by atoms with Gasteiger partial charge in [0.15, 0.2) is 0 Å². The zero-order chi connectivity index (χ0) is 36.4. The Labute approximate surface area is 326 Å². The Morgan fingerprint density at radius 1 is 0.902 bits per heavy atom. The molecule has 3 fully saturated rings. The standard InChI is InChI=1S/C43H77N3O3.2ClH/c1-11-31(29(2)3)13-12-30(4)35-16-17-36-34-15-14-32-28-33(20-22-42(32,9)37(34)21-23-43(35,36)10)49-39(48)19-18-38(47)46(26-24-40(5,6)44)27-25-41(7,8)45;;/h14,29-31,33-37H,11-13,15-28,44-45H2,1-10H3;2*1H/t30?,31?,33-,34-,35+,36-,37-,42-,43+;;/m0../s1.